The van der Waals surface area contributed by atoms with Gasteiger partial charge in [0.25, 0.3) is 0 Å². The number of aryl methyl sites for hydroxylation is 1. The molecule has 0 bridgehead atoms. The Morgan fingerprint density at radius 1 is 1.48 bits per heavy atom. The average molecular weight is 307 g/mol. The topological polar surface area (TPSA) is 81.0 Å². The number of esters is 1. The molecule has 0 aliphatic rings. The molecule has 0 saturated heterocycles. The van der Waals surface area contributed by atoms with Crippen LogP contribution in [0.1, 0.15) is 31.2 Å². The molecule has 0 spiro atoms. The van der Waals surface area contributed by atoms with Crippen LogP contribution in [0.25, 0.3) is 12.2 Å². The number of nitrogens with one attached hydrogen (secondary N) is 1. The molecule has 0 fully saturated rings. The summed E-state index contributed by atoms with van der Waals surface area (Å²) in [6.45, 7) is 5.51. The smallest absolute Gasteiger partial charge is 0.316 e. The number of H-pyrrole nitrogens is 1. The zero-order valence-electron chi connectivity index (χ0n) is 12.1. The summed E-state index contributed by atoms with van der Waals surface area (Å²) in [6, 6.07) is 3.77. The standard InChI is InChI=1S/C14H17N3O3S/c1-9(2)19-13(18)8-21-14-15-12(16-17-14)7-6-11-5-4-10(3)20-11/h4-7,9H,8H2,1-3H3,(H,15,16,17)/b7-6+. The van der Waals surface area contributed by atoms with Gasteiger partial charge in [0.15, 0.2) is 0 Å². The number of aromatic nitrogens is 3. The van der Waals surface area contributed by atoms with Gasteiger partial charge in [-0.05, 0) is 45.1 Å². The van der Waals surface area contributed by atoms with Crippen LogP contribution in [-0.4, -0.2) is 33.0 Å². The lowest BCUT2D eigenvalue weighted by Gasteiger charge is -2.05. The Hall–Kier alpha value is -2.02. The third-order valence-corrected chi connectivity index (χ3v) is 3.16. The predicted octanol–water partition coefficient (Wildman–Crippen LogP) is 2.92. The Balaban J connectivity index is 1.86. The van der Waals surface area contributed by atoms with E-state index in [4.69, 9.17) is 9.15 Å². The number of carbonyl (C=O) groups is 1. The van der Waals surface area contributed by atoms with E-state index in [1.807, 2.05) is 32.9 Å². The molecule has 1 N–H and O–H groups in total. The molecular weight excluding hydrogens is 290 g/mol. The first-order valence-corrected chi connectivity index (χ1v) is 7.50. The fourth-order valence-corrected chi connectivity index (χ4v) is 2.11. The van der Waals surface area contributed by atoms with Gasteiger partial charge in [0.1, 0.15) is 17.3 Å². The molecule has 0 radical (unpaired) electrons. The van der Waals surface area contributed by atoms with E-state index in [2.05, 4.69) is 15.2 Å². The van der Waals surface area contributed by atoms with Crippen molar-refractivity contribution in [3.63, 3.8) is 0 Å². The second kappa shape index (κ2) is 7.12. The number of carbonyl (C=O) groups excluding carboxylic acids is 1. The van der Waals surface area contributed by atoms with Crippen molar-refractivity contribution in [1.29, 1.82) is 0 Å². The van der Waals surface area contributed by atoms with Crippen LogP contribution in [0.4, 0.5) is 0 Å². The zero-order chi connectivity index (χ0) is 15.2. The van der Waals surface area contributed by atoms with Gasteiger partial charge in [0, 0.05) is 0 Å². The summed E-state index contributed by atoms with van der Waals surface area (Å²) in [5.74, 6) is 2.12. The van der Waals surface area contributed by atoms with Crippen LogP contribution in [-0.2, 0) is 9.53 Å². The molecule has 2 rings (SSSR count). The Morgan fingerprint density at radius 3 is 2.95 bits per heavy atom. The maximum atomic E-state index is 11.4. The van der Waals surface area contributed by atoms with Crippen LogP contribution in [0.2, 0.25) is 0 Å². The number of thioether (sulfide) groups is 1. The molecular formula is C14H17N3O3S. The SMILES string of the molecule is Cc1ccc(/C=C/c2nc(SCC(=O)OC(C)C)n[nH]2)o1. The van der Waals surface area contributed by atoms with Crippen LogP contribution in [0.5, 0.6) is 0 Å². The lowest BCUT2D eigenvalue weighted by atomic mass is 10.4. The van der Waals surface area contributed by atoms with Crippen molar-refractivity contribution in [2.24, 2.45) is 0 Å². The summed E-state index contributed by atoms with van der Waals surface area (Å²) in [5, 5.41) is 7.31. The van der Waals surface area contributed by atoms with Crippen LogP contribution in [0.3, 0.4) is 0 Å². The Labute approximate surface area is 127 Å². The van der Waals surface area contributed by atoms with E-state index >= 15 is 0 Å². The second-order valence-corrected chi connectivity index (χ2v) is 5.55. The summed E-state index contributed by atoms with van der Waals surface area (Å²) < 4.78 is 10.4. The Kier molecular flexibility index (Phi) is 5.21. The summed E-state index contributed by atoms with van der Waals surface area (Å²) in [5.41, 5.74) is 0. The molecule has 0 aliphatic heterocycles. The van der Waals surface area contributed by atoms with E-state index in [-0.39, 0.29) is 17.8 Å². The first kappa shape index (κ1) is 15.4. The minimum Gasteiger partial charge on any atom is -0.462 e. The highest BCUT2D eigenvalue weighted by molar-refractivity contribution is 7.99. The number of rotatable bonds is 6. The zero-order valence-corrected chi connectivity index (χ0v) is 12.9. The third kappa shape index (κ3) is 5.11. The van der Waals surface area contributed by atoms with Gasteiger partial charge in [0.2, 0.25) is 5.16 Å². The Bertz CT molecular complexity index is 631. The van der Waals surface area contributed by atoms with Gasteiger partial charge in [-0.2, -0.15) is 0 Å². The van der Waals surface area contributed by atoms with Crippen LogP contribution >= 0.6 is 11.8 Å². The summed E-state index contributed by atoms with van der Waals surface area (Å²) in [6.07, 6.45) is 3.46. The van der Waals surface area contributed by atoms with Crippen LogP contribution < -0.4 is 0 Å². The van der Waals surface area contributed by atoms with Crippen molar-refractivity contribution < 1.29 is 13.9 Å². The van der Waals surface area contributed by atoms with Gasteiger partial charge in [-0.3, -0.25) is 9.89 Å². The highest BCUT2D eigenvalue weighted by atomic mass is 32.2. The number of aromatic amines is 1. The molecule has 0 aromatic carbocycles. The van der Waals surface area contributed by atoms with Gasteiger partial charge in [0.05, 0.1) is 11.9 Å². The van der Waals surface area contributed by atoms with Crippen molar-refractivity contribution in [3.8, 4) is 0 Å². The molecule has 0 atom stereocenters. The van der Waals surface area contributed by atoms with E-state index in [9.17, 15) is 4.79 Å². The van der Waals surface area contributed by atoms with Gasteiger partial charge in [-0.1, -0.05) is 11.8 Å². The van der Waals surface area contributed by atoms with E-state index in [0.717, 1.165) is 11.5 Å². The van der Waals surface area contributed by atoms with Crippen LogP contribution in [0, 0.1) is 6.92 Å². The van der Waals surface area contributed by atoms with Gasteiger partial charge in [-0.25, -0.2) is 4.98 Å². The van der Waals surface area contributed by atoms with E-state index in [1.54, 1.807) is 12.2 Å². The van der Waals surface area contributed by atoms with Crippen molar-refractivity contribution in [3.05, 3.63) is 29.5 Å². The largest absolute Gasteiger partial charge is 0.462 e. The second-order valence-electron chi connectivity index (χ2n) is 4.61. The third-order valence-electron chi connectivity index (χ3n) is 2.34. The molecule has 21 heavy (non-hydrogen) atoms. The number of hydrogen-bond acceptors (Lipinski definition) is 6. The van der Waals surface area contributed by atoms with Crippen molar-refractivity contribution in [2.75, 3.05) is 5.75 Å². The lowest BCUT2D eigenvalue weighted by molar-refractivity contribution is -0.144. The minimum atomic E-state index is -0.275. The monoisotopic (exact) mass is 307 g/mol. The molecule has 2 aromatic heterocycles. The van der Waals surface area contributed by atoms with Crippen molar-refractivity contribution in [1.82, 2.24) is 15.2 Å². The first-order chi connectivity index (χ1) is 10.0. The normalized spacial score (nSPS) is 11.4. The number of ether oxygens (including phenoxy) is 1. The maximum absolute atomic E-state index is 11.4. The number of furan rings is 1. The molecule has 112 valence electrons. The molecule has 2 heterocycles. The summed E-state index contributed by atoms with van der Waals surface area (Å²) in [7, 11) is 0. The fraction of sp³-hybridized carbons (Fsp3) is 0.357. The molecule has 7 heteroatoms. The predicted molar refractivity (Wildman–Crippen MR) is 80.7 cm³/mol. The molecule has 0 unspecified atom stereocenters. The molecule has 2 aromatic rings. The van der Waals surface area contributed by atoms with Crippen molar-refractivity contribution >= 4 is 29.9 Å². The van der Waals surface area contributed by atoms with Crippen molar-refractivity contribution in [2.45, 2.75) is 32.0 Å². The van der Waals surface area contributed by atoms with Gasteiger partial charge >= 0.3 is 5.97 Å². The van der Waals surface area contributed by atoms with Gasteiger partial charge < -0.3 is 9.15 Å². The van der Waals surface area contributed by atoms with E-state index in [0.29, 0.717) is 11.0 Å². The Morgan fingerprint density at radius 2 is 2.29 bits per heavy atom. The number of hydrogen-bond donors (Lipinski definition) is 1. The fourth-order valence-electron chi connectivity index (χ4n) is 1.52. The molecule has 0 saturated carbocycles. The highest BCUT2D eigenvalue weighted by Gasteiger charge is 2.09. The van der Waals surface area contributed by atoms with E-state index < -0.39 is 0 Å². The average Bonchev–Trinajstić information content (AvgIpc) is 3.02. The molecule has 0 amide bonds. The maximum Gasteiger partial charge on any atom is 0.316 e. The summed E-state index contributed by atoms with van der Waals surface area (Å²) in [4.78, 5) is 15.7. The van der Waals surface area contributed by atoms with Gasteiger partial charge in [-0.15, -0.1) is 5.10 Å². The molecule has 6 nitrogen and oxygen atoms in total. The first-order valence-electron chi connectivity index (χ1n) is 6.52. The highest BCUT2D eigenvalue weighted by Crippen LogP contribution is 2.14. The van der Waals surface area contributed by atoms with E-state index in [1.165, 1.54) is 11.8 Å². The quantitative estimate of drug-likeness (QED) is 0.653. The summed E-state index contributed by atoms with van der Waals surface area (Å²) >= 11 is 1.23. The lowest BCUT2D eigenvalue weighted by Crippen LogP contribution is -2.13. The number of nitrogens with zero attached hydrogens (tertiary/aromatic N) is 2. The molecule has 0 aliphatic carbocycles. The van der Waals surface area contributed by atoms with Crippen LogP contribution in [0.15, 0.2) is 21.7 Å². The minimum absolute atomic E-state index is 0.111.